The molecule has 0 saturated carbocycles. The van der Waals surface area contributed by atoms with Gasteiger partial charge in [-0.05, 0) is 121 Å². The van der Waals surface area contributed by atoms with Gasteiger partial charge in [-0.25, -0.2) is 0 Å². The van der Waals surface area contributed by atoms with Crippen molar-refractivity contribution >= 4 is 58.4 Å². The van der Waals surface area contributed by atoms with Gasteiger partial charge in [-0.1, -0.05) is 177 Å². The molecule has 13 heteroatoms. The molecule has 0 spiro atoms. The molecule has 0 aliphatic rings. The number of rotatable bonds is 36. The Bertz CT molecular complexity index is 1340. The molecule has 12 nitrogen and oxygen atoms in total. The zero-order valence-corrected chi connectivity index (χ0v) is 50.7. The van der Waals surface area contributed by atoms with Crippen LogP contribution in [0.5, 0.6) is 0 Å². The molecule has 0 unspecified atom stereocenters. The fraction of sp³-hybridized carbons (Fsp3) is 0.897. The van der Waals surface area contributed by atoms with E-state index in [9.17, 15) is 28.8 Å². The molecule has 420 valence electrons. The second kappa shape index (κ2) is 41.8. The third kappa shape index (κ3) is 47.0. The van der Waals surface area contributed by atoms with Gasteiger partial charge in [-0.2, -0.15) is 0 Å². The number of carbonyl (C=O) groups excluding carboxylic acids is 6. The van der Waals surface area contributed by atoms with Gasteiger partial charge in [0.15, 0.2) is 11.3 Å². The van der Waals surface area contributed by atoms with Crippen LogP contribution in [0, 0.1) is 11.3 Å². The van der Waals surface area contributed by atoms with Crippen molar-refractivity contribution in [3.8, 4) is 0 Å². The molecule has 0 aromatic rings. The fourth-order valence-electron chi connectivity index (χ4n) is 7.61. The third-order valence-corrected chi connectivity index (χ3v) is 11.5. The molecule has 0 rings (SSSR count). The summed E-state index contributed by atoms with van der Waals surface area (Å²) >= 11 is 2.15. The van der Waals surface area contributed by atoms with E-state index in [4.69, 9.17) is 18.9 Å². The first kappa shape index (κ1) is 72.8. The van der Waals surface area contributed by atoms with Gasteiger partial charge in [0.1, 0.15) is 22.4 Å². The van der Waals surface area contributed by atoms with Crippen molar-refractivity contribution in [1.29, 1.82) is 0 Å². The minimum absolute atomic E-state index is 0.106. The fourth-order valence-corrected chi connectivity index (χ4v) is 7.61. The Kier molecular flexibility index (Phi) is 42.9. The molecule has 0 aromatic carbocycles. The number of ether oxygens (including phenoxy) is 6. The predicted octanol–water partition coefficient (Wildman–Crippen LogP) is 16.1. The van der Waals surface area contributed by atoms with Gasteiger partial charge in [0, 0.05) is 12.8 Å². The summed E-state index contributed by atoms with van der Waals surface area (Å²) in [7, 11) is 2.88. The smallest absolute Gasteiger partial charge is 0.323 e. The summed E-state index contributed by atoms with van der Waals surface area (Å²) < 4.78 is 31.4. The molecule has 0 fully saturated rings. The summed E-state index contributed by atoms with van der Waals surface area (Å²) in [5.74, 6) is -3.02. The van der Waals surface area contributed by atoms with Crippen molar-refractivity contribution in [2.45, 2.75) is 305 Å². The molecule has 0 aliphatic carbocycles. The topological polar surface area (TPSA) is 158 Å². The van der Waals surface area contributed by atoms with Gasteiger partial charge in [0.05, 0.1) is 14.2 Å². The molecular formula is C58H109IO12. The Morgan fingerprint density at radius 1 is 0.338 bits per heavy atom. The van der Waals surface area contributed by atoms with E-state index in [2.05, 4.69) is 32.1 Å². The Morgan fingerprint density at radius 3 is 0.803 bits per heavy atom. The number of carbonyl (C=O) groups is 6. The first-order valence-electron chi connectivity index (χ1n) is 27.5. The van der Waals surface area contributed by atoms with Crippen molar-refractivity contribution in [3.05, 3.63) is 0 Å². The van der Waals surface area contributed by atoms with Crippen LogP contribution in [0.3, 0.4) is 0 Å². The first-order valence-corrected chi connectivity index (χ1v) is 29.7. The molecular weight excluding hydrogens is 1020 g/mol. The van der Waals surface area contributed by atoms with E-state index in [0.717, 1.165) is 64.2 Å². The summed E-state index contributed by atoms with van der Waals surface area (Å²) in [6.07, 6.45) is 31.8. The zero-order chi connectivity index (χ0) is 55.0. The van der Waals surface area contributed by atoms with Gasteiger partial charge in [-0.3, -0.25) is 28.8 Å². The summed E-state index contributed by atoms with van der Waals surface area (Å²) in [4.78, 5) is 74.9. The summed E-state index contributed by atoms with van der Waals surface area (Å²) in [5.41, 5.74) is -3.82. The van der Waals surface area contributed by atoms with Crippen LogP contribution in [-0.4, -0.2) is 77.4 Å². The predicted molar refractivity (Wildman–Crippen MR) is 297 cm³/mol. The minimum atomic E-state index is -1.28. The van der Waals surface area contributed by atoms with Crippen LogP contribution >= 0.6 is 22.6 Å². The lowest BCUT2D eigenvalue weighted by molar-refractivity contribution is -0.185. The standard InChI is InChI=1S/C29H54O6.C28H52O6.CH3I/c1-27(2,3)34-25(31)29(7,26(32)35-28(4,5)6)23-21-19-17-15-13-11-9-10-12-14-16-18-20-22-24(30)33-8;1-27(2,3)33-25(30)23(26(31)34-28(4,5)6)21-19-17-15-13-11-9-8-10-12-14-16-18-20-22-24(29)32-7;1-2/h9-23H2,1-8H3;23H,8-22H2,1-7H3;1H3. The SMILES string of the molecule is CI.COC(=O)CCCCCCCCCCCCCCCC(C(=O)OC(C)(C)C)C(=O)OC(C)(C)C.COC(=O)CCCCCCCCCCCCCCCC(C)(C(=O)OC(C)(C)C)C(=O)OC(C)(C)C. The number of esters is 6. The van der Waals surface area contributed by atoms with Crippen LogP contribution in [0.15, 0.2) is 0 Å². The Morgan fingerprint density at radius 2 is 0.563 bits per heavy atom. The quantitative estimate of drug-likeness (QED) is 0.0146. The Labute approximate surface area is 448 Å². The number of unbranched alkanes of at least 4 members (excludes halogenated alkanes) is 24. The van der Waals surface area contributed by atoms with Gasteiger partial charge < -0.3 is 28.4 Å². The maximum atomic E-state index is 12.9. The second-order valence-corrected chi connectivity index (χ2v) is 23.3. The van der Waals surface area contributed by atoms with Crippen LogP contribution in [0.2, 0.25) is 0 Å². The summed E-state index contributed by atoms with van der Waals surface area (Å²) in [5, 5.41) is 0. The molecule has 0 N–H and O–H groups in total. The maximum Gasteiger partial charge on any atom is 0.323 e. The molecule has 0 aliphatic heterocycles. The molecule has 0 bridgehead atoms. The third-order valence-electron chi connectivity index (χ3n) is 11.5. The van der Waals surface area contributed by atoms with Gasteiger partial charge in [0.2, 0.25) is 0 Å². The number of alkyl halides is 1. The number of hydrogen-bond acceptors (Lipinski definition) is 12. The maximum absolute atomic E-state index is 12.9. The van der Waals surface area contributed by atoms with Crippen molar-refractivity contribution in [2.24, 2.45) is 11.3 Å². The van der Waals surface area contributed by atoms with Crippen LogP contribution in [0.4, 0.5) is 0 Å². The normalized spacial score (nSPS) is 11.9. The molecule has 0 atom stereocenters. The van der Waals surface area contributed by atoms with Crippen molar-refractivity contribution in [2.75, 3.05) is 19.2 Å². The molecule has 0 heterocycles. The van der Waals surface area contributed by atoms with Crippen LogP contribution < -0.4 is 0 Å². The van der Waals surface area contributed by atoms with Crippen molar-refractivity contribution < 1.29 is 57.2 Å². The lowest BCUT2D eigenvalue weighted by atomic mass is 9.84. The van der Waals surface area contributed by atoms with Crippen molar-refractivity contribution in [1.82, 2.24) is 0 Å². The molecule has 0 saturated heterocycles. The lowest BCUT2D eigenvalue weighted by Gasteiger charge is -2.32. The summed E-state index contributed by atoms with van der Waals surface area (Å²) in [6.45, 7) is 23.4. The van der Waals surface area contributed by atoms with Crippen LogP contribution in [0.1, 0.15) is 283 Å². The highest BCUT2D eigenvalue weighted by Gasteiger charge is 2.46. The second-order valence-electron chi connectivity index (χ2n) is 23.3. The highest BCUT2D eigenvalue weighted by atomic mass is 127. The molecule has 0 aromatic heterocycles. The number of methoxy groups -OCH3 is 2. The molecule has 71 heavy (non-hydrogen) atoms. The van der Waals surface area contributed by atoms with Gasteiger partial charge in [0.25, 0.3) is 0 Å². The van der Waals surface area contributed by atoms with Gasteiger partial charge >= 0.3 is 35.8 Å². The van der Waals surface area contributed by atoms with E-state index >= 15 is 0 Å². The Hall–Kier alpha value is -2.45. The van der Waals surface area contributed by atoms with E-state index in [-0.39, 0.29) is 11.9 Å². The molecule has 0 amide bonds. The van der Waals surface area contributed by atoms with E-state index in [0.29, 0.717) is 25.7 Å². The van der Waals surface area contributed by atoms with Crippen LogP contribution in [0.25, 0.3) is 0 Å². The largest absolute Gasteiger partial charge is 0.469 e. The average molecular weight is 1130 g/mol. The zero-order valence-electron chi connectivity index (χ0n) is 48.6. The van der Waals surface area contributed by atoms with Crippen LogP contribution in [-0.2, 0) is 57.2 Å². The minimum Gasteiger partial charge on any atom is -0.469 e. The first-order chi connectivity index (χ1) is 33.1. The Balaban J connectivity index is -0.00000126. The number of hydrogen-bond donors (Lipinski definition) is 0. The molecule has 0 radical (unpaired) electrons. The highest BCUT2D eigenvalue weighted by Crippen LogP contribution is 2.32. The highest BCUT2D eigenvalue weighted by molar-refractivity contribution is 14.1. The summed E-state index contributed by atoms with van der Waals surface area (Å²) in [6, 6.07) is 0. The van der Waals surface area contributed by atoms with E-state index in [1.807, 2.05) is 88.0 Å². The van der Waals surface area contributed by atoms with Gasteiger partial charge in [-0.15, -0.1) is 0 Å². The number of halogens is 1. The van der Waals surface area contributed by atoms with E-state index < -0.39 is 57.6 Å². The lowest BCUT2D eigenvalue weighted by Crippen LogP contribution is -2.44. The van der Waals surface area contributed by atoms with E-state index in [1.165, 1.54) is 117 Å². The van der Waals surface area contributed by atoms with Crippen molar-refractivity contribution in [3.63, 3.8) is 0 Å². The average Bonchev–Trinajstić information content (AvgIpc) is 3.25. The van der Waals surface area contributed by atoms with E-state index in [1.54, 1.807) is 6.92 Å². The monoisotopic (exact) mass is 1120 g/mol.